The summed E-state index contributed by atoms with van der Waals surface area (Å²) in [5.41, 5.74) is 0. The lowest BCUT2D eigenvalue weighted by molar-refractivity contribution is -0.282. The third kappa shape index (κ3) is 44.1. The number of hydrogen-bond donors (Lipinski definition) is 15. The Morgan fingerprint density at radius 1 is 0.402 bits per heavy atom. The fourth-order valence-corrected chi connectivity index (χ4v) is 12.0. The Morgan fingerprint density at radius 2 is 0.766 bits per heavy atom. The van der Waals surface area contributed by atoms with E-state index < -0.39 is 129 Å². The molecule has 3 fully saturated rings. The van der Waals surface area contributed by atoms with E-state index in [1.807, 2.05) is 13.8 Å². The Balaban J connectivity index is 0.00000920. The highest BCUT2D eigenvalue weighted by molar-refractivity contribution is 5.88. The van der Waals surface area contributed by atoms with Crippen molar-refractivity contribution in [2.45, 2.75) is 308 Å². The molecular weight excluding hydrogens is 1400 g/mol. The Hall–Kier alpha value is -4.85. The first-order valence-corrected chi connectivity index (χ1v) is 39.3. The molecule has 0 radical (unpaired) electrons. The summed E-state index contributed by atoms with van der Waals surface area (Å²) in [5.74, 6) is -2.36. The number of aliphatic hydroxyl groups excluding tert-OH is 9. The van der Waals surface area contributed by atoms with Gasteiger partial charge >= 0.3 is 0 Å². The molecule has 3 aliphatic heterocycles. The van der Waals surface area contributed by atoms with Gasteiger partial charge in [0.1, 0.15) is 66.1 Å². The first kappa shape index (κ1) is 100. The van der Waals surface area contributed by atoms with E-state index in [9.17, 15) is 89.1 Å². The highest BCUT2D eigenvalue weighted by Gasteiger charge is 2.46. The smallest absolute Gasteiger partial charge is 0.234 e. The zero-order valence-corrected chi connectivity index (χ0v) is 65.6. The molecule has 107 heavy (non-hydrogen) atoms. The van der Waals surface area contributed by atoms with Gasteiger partial charge in [-0.25, -0.2) is 0 Å². The summed E-state index contributed by atoms with van der Waals surface area (Å²) in [6, 6.07) is -1.96. The minimum Gasteiger partial charge on any atom is -0.394 e. The lowest BCUT2D eigenvalue weighted by Gasteiger charge is -2.42. The van der Waals surface area contributed by atoms with Gasteiger partial charge in [0, 0.05) is 130 Å². The number of nitrogens with one attached hydrogen (secondary N) is 6. The van der Waals surface area contributed by atoms with Gasteiger partial charge in [0.2, 0.25) is 35.4 Å². The molecule has 0 aromatic carbocycles. The normalized spacial score (nSPS) is 24.4. The van der Waals surface area contributed by atoms with Crippen LogP contribution in [0.2, 0.25) is 0 Å². The molecule has 0 aliphatic carbocycles. The number of amides is 6. The molecular formula is C75H139N7O25. The molecule has 32 heteroatoms. The van der Waals surface area contributed by atoms with Gasteiger partial charge in [0.25, 0.3) is 0 Å². The van der Waals surface area contributed by atoms with Crippen LogP contribution in [0.1, 0.15) is 222 Å². The molecule has 3 aliphatic rings. The van der Waals surface area contributed by atoms with Crippen LogP contribution in [0.5, 0.6) is 0 Å². The van der Waals surface area contributed by atoms with Crippen LogP contribution in [0, 0.1) is 17.8 Å². The van der Waals surface area contributed by atoms with Crippen molar-refractivity contribution in [3.05, 3.63) is 0 Å². The van der Waals surface area contributed by atoms with E-state index >= 15 is 0 Å². The van der Waals surface area contributed by atoms with Gasteiger partial charge in [-0.05, 0) is 102 Å². The van der Waals surface area contributed by atoms with Crippen LogP contribution in [0.3, 0.4) is 0 Å². The number of unbranched alkanes of at least 4 members (excludes halogenated alkanes) is 9. The highest BCUT2D eigenvalue weighted by atomic mass is 16.7. The summed E-state index contributed by atoms with van der Waals surface area (Å²) < 4.78 is 39.1. The third-order valence-corrected chi connectivity index (χ3v) is 18.2. The average molecular weight is 1540 g/mol. The zero-order chi connectivity index (χ0) is 80.1. The maximum atomic E-state index is 14.4. The number of carbonyl (C=O) groups excluding carboxylic acids is 9. The second-order valence-corrected chi connectivity index (χ2v) is 28.4. The van der Waals surface area contributed by atoms with Gasteiger partial charge in [-0.15, -0.1) is 0 Å². The van der Waals surface area contributed by atoms with Crippen molar-refractivity contribution >= 4 is 52.8 Å². The van der Waals surface area contributed by atoms with Crippen molar-refractivity contribution in [2.24, 2.45) is 17.8 Å². The maximum Gasteiger partial charge on any atom is 0.234 e. The van der Waals surface area contributed by atoms with E-state index in [1.165, 1.54) is 14.0 Å². The van der Waals surface area contributed by atoms with Crippen molar-refractivity contribution in [2.75, 3.05) is 99.2 Å². The van der Waals surface area contributed by atoms with Crippen LogP contribution >= 0.6 is 0 Å². The molecule has 3 rings (SSSR count). The van der Waals surface area contributed by atoms with Crippen molar-refractivity contribution < 1.29 is 122 Å². The van der Waals surface area contributed by atoms with E-state index in [2.05, 4.69) is 52.7 Å². The molecule has 6 amide bonds. The zero-order valence-electron chi connectivity index (χ0n) is 65.6. The molecule has 0 saturated carbocycles. The standard InChI is InChI=1S/C69H123N7O25.C4H10.C2H6/c1-45-61(89)63(91)52(42-77)99-67(45)96-36-17-5-8-26-56(85)71-33-16-13-25-51(83)50(24-12-15-32-72-58(87)29-20-23-48(81)30-39-95-4)76(41-59(88)74-35-21-34-73-57(86)28-9-6-18-37-97-68-46(2)62(90)64(92)53(43-78)100-68)40-49(82)22-11-14-31-70-55(84)27-10-7-19-38-98-69-60(75-47(3)80)66(94)65(93)54(44-79)101-69;1-4(2)3;1-2/h45-46,50,52-54,60-69,77-79,89-94H,5-44H2,1-4H3,(H,70,84)(H,71,85)(H,72,87)(H,73,86)(H,74,88)(H,75,80);4H,1-3H3;1-2H3/t45?,46?,50?,52?,53?,54?,60?,61-,62-,63+,64+,65+,66-,67-,68-,69-;;/m1../s1. The quantitative estimate of drug-likeness (QED) is 0.0384. The van der Waals surface area contributed by atoms with Crippen molar-refractivity contribution in [3.8, 4) is 0 Å². The Kier molecular flexibility index (Phi) is 56.9. The largest absolute Gasteiger partial charge is 0.394 e. The number of rotatable bonds is 57. The van der Waals surface area contributed by atoms with Crippen molar-refractivity contribution in [1.29, 1.82) is 0 Å². The topological polar surface area (TPSA) is 476 Å². The van der Waals surface area contributed by atoms with Gasteiger partial charge in [0.05, 0.1) is 57.8 Å². The first-order chi connectivity index (χ1) is 51.2. The van der Waals surface area contributed by atoms with Crippen LogP contribution in [0.15, 0.2) is 0 Å². The summed E-state index contributed by atoms with van der Waals surface area (Å²) in [6.07, 6.45) is -2.98. The molecule has 15 N–H and O–H groups in total. The summed E-state index contributed by atoms with van der Waals surface area (Å²) in [4.78, 5) is 119. The fourth-order valence-electron chi connectivity index (χ4n) is 12.0. The predicted octanol–water partition coefficient (Wildman–Crippen LogP) is 1.57. The third-order valence-electron chi connectivity index (χ3n) is 18.2. The summed E-state index contributed by atoms with van der Waals surface area (Å²) >= 11 is 0. The Bertz CT molecular complexity index is 2430. The second kappa shape index (κ2) is 60.8. The molecule has 32 nitrogen and oxygen atoms in total. The molecule has 0 spiro atoms. The minimum atomic E-state index is -1.44. The summed E-state index contributed by atoms with van der Waals surface area (Å²) in [7, 11) is 1.51. The van der Waals surface area contributed by atoms with Gasteiger partial charge in [-0.1, -0.05) is 67.7 Å². The number of Topliss-reactive ketones (excluding diaryl/α,β-unsaturated/α-hetero) is 3. The predicted molar refractivity (Wildman–Crippen MR) is 396 cm³/mol. The molecule has 0 aromatic rings. The summed E-state index contributed by atoms with van der Waals surface area (Å²) in [5, 5.41) is 107. The van der Waals surface area contributed by atoms with E-state index in [1.54, 1.807) is 18.7 Å². The number of ketones is 3. The lowest BCUT2D eigenvalue weighted by atomic mass is 9.92. The average Bonchev–Trinajstić information content (AvgIpc) is 0.814. The molecule has 3 heterocycles. The van der Waals surface area contributed by atoms with Crippen LogP contribution < -0.4 is 31.9 Å². The van der Waals surface area contributed by atoms with Crippen LogP contribution in [0.4, 0.5) is 0 Å². The molecule has 7 unspecified atom stereocenters. The second-order valence-electron chi connectivity index (χ2n) is 28.4. The number of aliphatic hydroxyl groups is 9. The van der Waals surface area contributed by atoms with Crippen molar-refractivity contribution in [3.63, 3.8) is 0 Å². The molecule has 0 bridgehead atoms. The molecule has 0 aromatic heterocycles. The maximum absolute atomic E-state index is 14.4. The fraction of sp³-hybridized carbons (Fsp3) is 0.880. The number of ether oxygens (including phenoxy) is 7. The molecule has 3 saturated heterocycles. The van der Waals surface area contributed by atoms with Crippen LogP contribution in [-0.4, -0.2) is 289 Å². The lowest BCUT2D eigenvalue weighted by Crippen LogP contribution is -2.64. The van der Waals surface area contributed by atoms with Crippen molar-refractivity contribution in [1.82, 2.24) is 36.8 Å². The number of nitrogens with zero attached hydrogens (tertiary/aromatic N) is 1. The van der Waals surface area contributed by atoms with E-state index in [-0.39, 0.29) is 158 Å². The Labute approximate surface area is 634 Å². The highest BCUT2D eigenvalue weighted by Crippen LogP contribution is 2.29. The van der Waals surface area contributed by atoms with Crippen LogP contribution in [-0.2, 0) is 76.3 Å². The van der Waals surface area contributed by atoms with Gasteiger partial charge < -0.3 is 111 Å². The minimum absolute atomic E-state index is 0.000279. The number of methoxy groups -OCH3 is 1. The monoisotopic (exact) mass is 1540 g/mol. The summed E-state index contributed by atoms with van der Waals surface area (Å²) in [6.45, 7) is 15.3. The van der Waals surface area contributed by atoms with Gasteiger partial charge in [-0.3, -0.25) is 48.1 Å². The van der Waals surface area contributed by atoms with E-state index in [0.29, 0.717) is 122 Å². The molecule has 16 atom stereocenters. The first-order valence-electron chi connectivity index (χ1n) is 39.3. The molecule has 624 valence electrons. The van der Waals surface area contributed by atoms with E-state index in [0.717, 1.165) is 5.92 Å². The SMILES string of the molecule is CC.CC(C)C.COCCC(=O)CCCC(=O)NCCCCC(C(=O)CCCCNC(=O)CCCCCO[C@@H]1OC(CO)[C@H](O)[C@H](O)C1C)N(CC(=O)CCCCNC(=O)CCCCCO[C@@H]1OC(CO)[C@H](O)[C@H](O)C1NC(C)=O)CC(=O)NCCCNC(=O)CCCCCO[C@@H]1OC(CO)[C@H](O)[C@H](O)C1C. The number of hydrogen-bond acceptors (Lipinski definition) is 26. The van der Waals surface area contributed by atoms with Gasteiger partial charge in [-0.2, -0.15) is 0 Å². The van der Waals surface area contributed by atoms with E-state index in [4.69, 9.17) is 33.2 Å². The number of carbonyl (C=O) groups is 9. The van der Waals surface area contributed by atoms with Gasteiger partial charge in [0.15, 0.2) is 18.9 Å². The van der Waals surface area contributed by atoms with Crippen LogP contribution in [0.25, 0.3) is 0 Å². The Morgan fingerprint density at radius 3 is 1.20 bits per heavy atom.